The van der Waals surface area contributed by atoms with Gasteiger partial charge in [0.25, 0.3) is 0 Å². The van der Waals surface area contributed by atoms with Gasteiger partial charge in [0.1, 0.15) is 29.3 Å². The zero-order valence-corrected chi connectivity index (χ0v) is 15.9. The van der Waals surface area contributed by atoms with Crippen molar-refractivity contribution in [1.82, 2.24) is 9.97 Å². The number of H-pyrrole nitrogens is 1. The summed E-state index contributed by atoms with van der Waals surface area (Å²) in [6.07, 6.45) is 1.76. The number of imidazole rings is 1. The predicted molar refractivity (Wildman–Crippen MR) is 105 cm³/mol. The molecule has 152 valence electrons. The van der Waals surface area contributed by atoms with Gasteiger partial charge in [0.15, 0.2) is 0 Å². The van der Waals surface area contributed by atoms with Crippen LogP contribution in [0.5, 0.6) is 0 Å². The van der Waals surface area contributed by atoms with Crippen LogP contribution < -0.4 is 16.4 Å². The number of aromatic nitrogens is 2. The Morgan fingerprint density at radius 3 is 2.83 bits per heavy atom. The topological polar surface area (TPSA) is 166 Å². The van der Waals surface area contributed by atoms with E-state index in [4.69, 9.17) is 5.73 Å². The van der Waals surface area contributed by atoms with E-state index in [1.807, 2.05) is 0 Å². The van der Waals surface area contributed by atoms with Gasteiger partial charge in [-0.3, -0.25) is 5.32 Å². The number of nitrogens with two attached hydrogens (primary N) is 1. The molecule has 2 bridgehead atoms. The Hall–Kier alpha value is -3.58. The molecule has 10 nitrogen and oxygen atoms in total. The van der Waals surface area contributed by atoms with Crippen molar-refractivity contribution in [3.63, 3.8) is 0 Å². The third-order valence-electron chi connectivity index (χ3n) is 4.78. The zero-order chi connectivity index (χ0) is 21.0. The number of rotatable bonds is 2. The summed E-state index contributed by atoms with van der Waals surface area (Å²) in [7, 11) is 1.25. The molecule has 2 aromatic rings. The largest absolute Gasteiger partial charge is 0.480 e. The number of nitrogens with one attached hydrogen (secondary N) is 3. The number of hydrogen-bond acceptors (Lipinski definition) is 7. The Morgan fingerprint density at radius 1 is 1.38 bits per heavy atom. The monoisotopic (exact) mass is 398 g/mol. The highest BCUT2D eigenvalue weighted by Gasteiger charge is 2.24. The second-order valence-corrected chi connectivity index (χ2v) is 6.76. The molecule has 0 saturated heterocycles. The number of carboxylic acid groups (broad SMARTS) is 1. The number of amides is 1. The van der Waals surface area contributed by atoms with Gasteiger partial charge in [0, 0.05) is 16.9 Å². The molecule has 3 rings (SSSR count). The first kappa shape index (κ1) is 20.2. The molecule has 1 amide bonds. The molecule has 0 aliphatic carbocycles. The lowest BCUT2D eigenvalue weighted by atomic mass is 10.0. The number of benzene rings is 1. The molecule has 0 spiro atoms. The molecule has 6 N–H and O–H groups in total. The number of anilines is 2. The lowest BCUT2D eigenvalue weighted by molar-refractivity contribution is -0.138. The number of aromatic amines is 1. The van der Waals surface area contributed by atoms with Crippen molar-refractivity contribution in [3.05, 3.63) is 29.7 Å². The van der Waals surface area contributed by atoms with Crippen LogP contribution in [-0.4, -0.2) is 40.3 Å². The fourth-order valence-electron chi connectivity index (χ4n) is 3.25. The maximum atomic E-state index is 11.8. The highest BCUT2D eigenvalue weighted by Crippen LogP contribution is 2.34. The van der Waals surface area contributed by atoms with Crippen molar-refractivity contribution in [2.24, 2.45) is 5.73 Å². The van der Waals surface area contributed by atoms with Crippen LogP contribution in [0.2, 0.25) is 0 Å². The van der Waals surface area contributed by atoms with Crippen LogP contribution in [0.1, 0.15) is 43.2 Å². The number of ether oxygens (including phenoxy) is 1. The minimum Gasteiger partial charge on any atom is -0.480 e. The number of carboxylic acids is 1. The lowest BCUT2D eigenvalue weighted by Gasteiger charge is -2.20. The van der Waals surface area contributed by atoms with E-state index >= 15 is 0 Å². The van der Waals surface area contributed by atoms with E-state index in [1.54, 1.807) is 18.2 Å². The van der Waals surface area contributed by atoms with E-state index in [9.17, 15) is 20.0 Å². The summed E-state index contributed by atoms with van der Waals surface area (Å²) in [5.74, 6) is -0.485. The summed E-state index contributed by atoms with van der Waals surface area (Å²) >= 11 is 0. The Morgan fingerprint density at radius 2 is 2.14 bits per heavy atom. The second-order valence-electron chi connectivity index (χ2n) is 6.76. The number of carbonyl (C=O) groups excluding carboxylic acids is 1. The van der Waals surface area contributed by atoms with E-state index in [-0.39, 0.29) is 11.7 Å². The number of methoxy groups -OCH3 is 1. The SMILES string of the molecule is COC(=O)Nc1ccc2c(c1)N[C@@H](C(=O)O)CCCC[C@H](N)c1nc-2c(C#N)[nH]1. The first-order valence-corrected chi connectivity index (χ1v) is 9.17. The summed E-state index contributed by atoms with van der Waals surface area (Å²) in [6, 6.07) is 5.72. The molecule has 0 fully saturated rings. The van der Waals surface area contributed by atoms with E-state index < -0.39 is 18.1 Å². The first-order valence-electron chi connectivity index (χ1n) is 9.17. The average Bonchev–Trinajstić information content (AvgIpc) is 3.13. The fraction of sp³-hybridized carbons (Fsp3) is 0.368. The Labute approximate surface area is 167 Å². The van der Waals surface area contributed by atoms with Crippen molar-refractivity contribution >= 4 is 23.4 Å². The summed E-state index contributed by atoms with van der Waals surface area (Å²) in [5.41, 5.74) is 8.16. The predicted octanol–water partition coefficient (Wildman–Crippen LogP) is 2.57. The number of aliphatic carboxylic acids is 1. The average molecular weight is 398 g/mol. The second kappa shape index (κ2) is 8.62. The Kier molecular flexibility index (Phi) is 5.99. The van der Waals surface area contributed by atoms with Crippen LogP contribution >= 0.6 is 0 Å². The number of fused-ring (bicyclic) bond motifs is 4. The number of carbonyl (C=O) groups is 2. The lowest BCUT2D eigenvalue weighted by Crippen LogP contribution is -2.29. The Balaban J connectivity index is 2.13. The minimum atomic E-state index is -0.994. The molecule has 0 radical (unpaired) electrons. The standard InChI is InChI=1S/C19H22N6O4/c1-29-19(28)22-10-6-7-11-14(8-10)23-13(18(26)27)5-3-2-4-12(21)17-24-15(9-20)16(11)25-17/h6-8,12-13,23H,2-5,21H2,1H3,(H,22,28)(H,24,25)(H,26,27)/t12-,13+/m0/s1. The van der Waals surface area contributed by atoms with E-state index in [0.717, 1.165) is 6.42 Å². The van der Waals surface area contributed by atoms with Crippen LogP contribution in [0.3, 0.4) is 0 Å². The van der Waals surface area contributed by atoms with Crippen molar-refractivity contribution in [3.8, 4) is 17.3 Å². The highest BCUT2D eigenvalue weighted by molar-refractivity contribution is 5.89. The van der Waals surface area contributed by atoms with E-state index in [2.05, 4.69) is 31.4 Å². The number of nitrogens with zero attached hydrogens (tertiary/aromatic N) is 2. The molecule has 2 atom stereocenters. The van der Waals surface area contributed by atoms with Gasteiger partial charge in [-0.15, -0.1) is 0 Å². The van der Waals surface area contributed by atoms with Crippen molar-refractivity contribution in [1.29, 1.82) is 5.26 Å². The van der Waals surface area contributed by atoms with E-state index in [0.29, 0.717) is 47.7 Å². The number of nitriles is 1. The summed E-state index contributed by atoms with van der Waals surface area (Å²) in [6.45, 7) is 0. The maximum Gasteiger partial charge on any atom is 0.411 e. The summed E-state index contributed by atoms with van der Waals surface area (Å²) in [4.78, 5) is 30.8. The first-order chi connectivity index (χ1) is 13.9. The van der Waals surface area contributed by atoms with E-state index in [1.165, 1.54) is 7.11 Å². The molecule has 2 heterocycles. The van der Waals surface area contributed by atoms with Crippen molar-refractivity contribution in [2.45, 2.75) is 37.8 Å². The summed E-state index contributed by atoms with van der Waals surface area (Å²) in [5, 5.41) is 24.7. The molecule has 1 aromatic heterocycles. The minimum absolute atomic E-state index is 0.235. The van der Waals surface area contributed by atoms with Gasteiger partial charge < -0.3 is 25.9 Å². The van der Waals surface area contributed by atoms with Crippen LogP contribution in [-0.2, 0) is 9.53 Å². The third kappa shape index (κ3) is 4.47. The molecule has 1 aliphatic heterocycles. The van der Waals surface area contributed by atoms with Crippen LogP contribution in [0.25, 0.3) is 11.3 Å². The van der Waals surface area contributed by atoms with Gasteiger partial charge in [-0.05, 0) is 31.0 Å². The third-order valence-corrected chi connectivity index (χ3v) is 4.78. The van der Waals surface area contributed by atoms with Gasteiger partial charge in [0.05, 0.1) is 13.2 Å². The molecule has 10 heteroatoms. The van der Waals surface area contributed by atoms with Crippen molar-refractivity contribution < 1.29 is 19.4 Å². The molecular formula is C19H22N6O4. The van der Waals surface area contributed by atoms with Gasteiger partial charge in [-0.2, -0.15) is 5.26 Å². The van der Waals surface area contributed by atoms with Crippen LogP contribution in [0, 0.1) is 11.3 Å². The smallest absolute Gasteiger partial charge is 0.411 e. The van der Waals surface area contributed by atoms with Gasteiger partial charge in [-0.1, -0.05) is 12.8 Å². The molecular weight excluding hydrogens is 376 g/mol. The van der Waals surface area contributed by atoms with Crippen molar-refractivity contribution in [2.75, 3.05) is 17.7 Å². The summed E-state index contributed by atoms with van der Waals surface area (Å²) < 4.78 is 4.60. The normalized spacial score (nSPS) is 18.8. The highest BCUT2D eigenvalue weighted by atomic mass is 16.5. The molecule has 1 aromatic carbocycles. The number of hydrogen-bond donors (Lipinski definition) is 5. The van der Waals surface area contributed by atoms with Crippen LogP contribution in [0.15, 0.2) is 18.2 Å². The Bertz CT molecular complexity index is 964. The molecule has 0 saturated carbocycles. The molecule has 29 heavy (non-hydrogen) atoms. The van der Waals surface area contributed by atoms with Gasteiger partial charge >= 0.3 is 12.1 Å². The molecule has 1 aliphatic rings. The quantitative estimate of drug-likeness (QED) is 0.514. The fourth-order valence-corrected chi connectivity index (χ4v) is 3.25. The zero-order valence-electron chi connectivity index (χ0n) is 15.9. The molecule has 0 unspecified atom stereocenters. The van der Waals surface area contributed by atoms with Gasteiger partial charge in [-0.25, -0.2) is 14.6 Å². The van der Waals surface area contributed by atoms with Crippen LogP contribution in [0.4, 0.5) is 16.2 Å². The van der Waals surface area contributed by atoms with Gasteiger partial charge in [0.2, 0.25) is 0 Å². The maximum absolute atomic E-state index is 11.8.